The SMILES string of the molecule is CCC1CCCCCN1c1ncnc(OC)c1N. The van der Waals surface area contributed by atoms with E-state index in [1.165, 1.54) is 32.0 Å². The molecule has 0 aromatic carbocycles. The Balaban J connectivity index is 2.32. The average Bonchev–Trinajstić information content (AvgIpc) is 2.64. The summed E-state index contributed by atoms with van der Waals surface area (Å²) >= 11 is 0. The molecule has 1 aliphatic rings. The fraction of sp³-hybridized carbons (Fsp3) is 0.692. The van der Waals surface area contributed by atoms with Crippen LogP contribution in [-0.2, 0) is 0 Å². The van der Waals surface area contributed by atoms with Crippen molar-refractivity contribution >= 4 is 11.5 Å². The van der Waals surface area contributed by atoms with Crippen molar-refractivity contribution in [1.82, 2.24) is 9.97 Å². The van der Waals surface area contributed by atoms with Crippen molar-refractivity contribution < 1.29 is 4.74 Å². The number of methoxy groups -OCH3 is 1. The van der Waals surface area contributed by atoms with Crippen LogP contribution in [0.1, 0.15) is 39.0 Å². The molecule has 0 aliphatic carbocycles. The molecular formula is C13H22N4O. The Morgan fingerprint density at radius 2 is 2.22 bits per heavy atom. The van der Waals surface area contributed by atoms with Crippen LogP contribution in [-0.4, -0.2) is 29.7 Å². The summed E-state index contributed by atoms with van der Waals surface area (Å²) in [5.74, 6) is 1.30. The molecule has 1 atom stereocenters. The molecule has 0 radical (unpaired) electrons. The van der Waals surface area contributed by atoms with Gasteiger partial charge in [-0.3, -0.25) is 0 Å². The van der Waals surface area contributed by atoms with Crippen molar-refractivity contribution in [3.05, 3.63) is 6.33 Å². The Morgan fingerprint density at radius 1 is 1.39 bits per heavy atom. The lowest BCUT2D eigenvalue weighted by atomic mass is 10.1. The van der Waals surface area contributed by atoms with E-state index in [-0.39, 0.29) is 0 Å². The molecule has 18 heavy (non-hydrogen) atoms. The van der Waals surface area contributed by atoms with E-state index < -0.39 is 0 Å². The molecule has 1 aromatic heterocycles. The Morgan fingerprint density at radius 3 is 2.94 bits per heavy atom. The van der Waals surface area contributed by atoms with Crippen LogP contribution < -0.4 is 15.4 Å². The number of ether oxygens (including phenoxy) is 1. The Labute approximate surface area is 108 Å². The van der Waals surface area contributed by atoms with Gasteiger partial charge in [0.25, 0.3) is 0 Å². The fourth-order valence-corrected chi connectivity index (χ4v) is 2.64. The first-order valence-electron chi connectivity index (χ1n) is 6.69. The molecule has 2 N–H and O–H groups in total. The summed E-state index contributed by atoms with van der Waals surface area (Å²) in [5, 5.41) is 0. The van der Waals surface area contributed by atoms with Crippen molar-refractivity contribution in [2.75, 3.05) is 24.3 Å². The van der Waals surface area contributed by atoms with Gasteiger partial charge in [-0.25, -0.2) is 4.98 Å². The normalized spacial score (nSPS) is 20.6. The molecule has 0 spiro atoms. The molecule has 1 fully saturated rings. The highest BCUT2D eigenvalue weighted by atomic mass is 16.5. The first kappa shape index (κ1) is 12.9. The zero-order chi connectivity index (χ0) is 13.0. The number of nitrogens with two attached hydrogens (primary N) is 1. The van der Waals surface area contributed by atoms with Crippen molar-refractivity contribution in [3.8, 4) is 5.88 Å². The Kier molecular flexibility index (Phi) is 4.23. The average molecular weight is 250 g/mol. The largest absolute Gasteiger partial charge is 0.479 e. The zero-order valence-electron chi connectivity index (χ0n) is 11.2. The second-order valence-electron chi connectivity index (χ2n) is 4.73. The lowest BCUT2D eigenvalue weighted by Crippen LogP contribution is -2.35. The molecule has 100 valence electrons. The maximum atomic E-state index is 6.10. The third-order valence-corrected chi connectivity index (χ3v) is 3.64. The van der Waals surface area contributed by atoms with Crippen LogP contribution in [0.5, 0.6) is 5.88 Å². The number of rotatable bonds is 3. The fourth-order valence-electron chi connectivity index (χ4n) is 2.64. The minimum atomic E-state index is 0.471. The lowest BCUT2D eigenvalue weighted by Gasteiger charge is -2.31. The minimum absolute atomic E-state index is 0.471. The summed E-state index contributed by atoms with van der Waals surface area (Å²) in [6.45, 7) is 3.24. The minimum Gasteiger partial charge on any atom is -0.479 e. The van der Waals surface area contributed by atoms with Crippen molar-refractivity contribution in [2.24, 2.45) is 0 Å². The molecule has 1 aliphatic heterocycles. The molecule has 5 heteroatoms. The lowest BCUT2D eigenvalue weighted by molar-refractivity contribution is 0.399. The van der Waals surface area contributed by atoms with Crippen LogP contribution in [0.4, 0.5) is 11.5 Å². The molecule has 0 amide bonds. The van der Waals surface area contributed by atoms with E-state index in [0.717, 1.165) is 18.8 Å². The molecule has 1 saturated heterocycles. The number of nitrogens with zero attached hydrogens (tertiary/aromatic N) is 3. The van der Waals surface area contributed by atoms with Crippen LogP contribution in [0.15, 0.2) is 6.33 Å². The molecule has 2 rings (SSSR count). The van der Waals surface area contributed by atoms with Crippen molar-refractivity contribution in [3.63, 3.8) is 0 Å². The highest BCUT2D eigenvalue weighted by Crippen LogP contribution is 2.32. The number of aromatic nitrogens is 2. The third kappa shape index (κ3) is 2.49. The molecule has 0 bridgehead atoms. The maximum absolute atomic E-state index is 6.10. The number of hydrogen-bond donors (Lipinski definition) is 1. The summed E-state index contributed by atoms with van der Waals surface area (Å²) in [4.78, 5) is 10.7. The van der Waals surface area contributed by atoms with Gasteiger partial charge in [-0.1, -0.05) is 19.8 Å². The van der Waals surface area contributed by atoms with Gasteiger partial charge < -0.3 is 15.4 Å². The van der Waals surface area contributed by atoms with Gasteiger partial charge in [-0.05, 0) is 19.3 Å². The summed E-state index contributed by atoms with van der Waals surface area (Å²) in [7, 11) is 1.59. The van der Waals surface area contributed by atoms with E-state index in [1.54, 1.807) is 7.11 Å². The second kappa shape index (κ2) is 5.89. The maximum Gasteiger partial charge on any atom is 0.242 e. The predicted octanol–water partition coefficient (Wildman–Crippen LogP) is 2.23. The van der Waals surface area contributed by atoms with Gasteiger partial charge in [0.15, 0.2) is 5.82 Å². The van der Waals surface area contributed by atoms with E-state index in [2.05, 4.69) is 21.8 Å². The Bertz CT molecular complexity index is 397. The quantitative estimate of drug-likeness (QED) is 0.891. The van der Waals surface area contributed by atoms with E-state index in [1.807, 2.05) is 0 Å². The second-order valence-corrected chi connectivity index (χ2v) is 4.73. The highest BCUT2D eigenvalue weighted by Gasteiger charge is 2.23. The molecule has 0 saturated carbocycles. The topological polar surface area (TPSA) is 64.3 Å². The van der Waals surface area contributed by atoms with Gasteiger partial charge in [-0.2, -0.15) is 4.98 Å². The van der Waals surface area contributed by atoms with Crippen LogP contribution in [0, 0.1) is 0 Å². The Hall–Kier alpha value is -1.52. The standard InChI is InChI=1S/C13H22N4O/c1-3-10-7-5-4-6-8-17(10)12-11(14)13(18-2)16-9-15-12/h9-10H,3-8,14H2,1-2H3. The van der Waals surface area contributed by atoms with E-state index >= 15 is 0 Å². The van der Waals surface area contributed by atoms with Gasteiger partial charge in [-0.15, -0.1) is 0 Å². The summed E-state index contributed by atoms with van der Waals surface area (Å²) < 4.78 is 5.17. The summed E-state index contributed by atoms with van der Waals surface area (Å²) in [5.41, 5.74) is 6.66. The van der Waals surface area contributed by atoms with Gasteiger partial charge in [0.2, 0.25) is 5.88 Å². The van der Waals surface area contributed by atoms with E-state index in [4.69, 9.17) is 10.5 Å². The third-order valence-electron chi connectivity index (χ3n) is 3.64. The molecule has 1 unspecified atom stereocenters. The molecular weight excluding hydrogens is 228 g/mol. The van der Waals surface area contributed by atoms with E-state index in [9.17, 15) is 0 Å². The van der Waals surface area contributed by atoms with Crippen molar-refractivity contribution in [1.29, 1.82) is 0 Å². The highest BCUT2D eigenvalue weighted by molar-refractivity contribution is 5.68. The molecule has 2 heterocycles. The number of anilines is 2. The van der Waals surface area contributed by atoms with Gasteiger partial charge in [0.1, 0.15) is 12.0 Å². The zero-order valence-corrected chi connectivity index (χ0v) is 11.2. The number of nitrogen functional groups attached to an aromatic ring is 1. The molecule has 1 aromatic rings. The van der Waals surface area contributed by atoms with Gasteiger partial charge >= 0.3 is 0 Å². The van der Waals surface area contributed by atoms with Crippen LogP contribution >= 0.6 is 0 Å². The number of hydrogen-bond acceptors (Lipinski definition) is 5. The van der Waals surface area contributed by atoms with Crippen LogP contribution in [0.2, 0.25) is 0 Å². The van der Waals surface area contributed by atoms with E-state index in [0.29, 0.717) is 17.6 Å². The smallest absolute Gasteiger partial charge is 0.242 e. The molecule has 5 nitrogen and oxygen atoms in total. The first-order chi connectivity index (χ1) is 8.77. The van der Waals surface area contributed by atoms with Gasteiger partial charge in [0.05, 0.1) is 7.11 Å². The van der Waals surface area contributed by atoms with Crippen LogP contribution in [0.25, 0.3) is 0 Å². The van der Waals surface area contributed by atoms with Crippen LogP contribution in [0.3, 0.4) is 0 Å². The first-order valence-corrected chi connectivity index (χ1v) is 6.69. The summed E-state index contributed by atoms with van der Waals surface area (Å²) in [6.07, 6.45) is 7.63. The predicted molar refractivity (Wildman–Crippen MR) is 72.9 cm³/mol. The summed E-state index contributed by atoms with van der Waals surface area (Å²) in [6, 6.07) is 0.523. The monoisotopic (exact) mass is 250 g/mol. The van der Waals surface area contributed by atoms with Gasteiger partial charge in [0, 0.05) is 12.6 Å². The van der Waals surface area contributed by atoms with Crippen molar-refractivity contribution in [2.45, 2.75) is 45.1 Å².